The van der Waals surface area contributed by atoms with Gasteiger partial charge in [0.1, 0.15) is 5.75 Å². The Morgan fingerprint density at radius 1 is 1.36 bits per heavy atom. The molecular weight excluding hydrogens is 148 g/mol. The summed E-state index contributed by atoms with van der Waals surface area (Å²) in [6.45, 7) is 1.44. The van der Waals surface area contributed by atoms with Crippen LogP contribution in [0.15, 0.2) is 24.3 Å². The van der Waals surface area contributed by atoms with Gasteiger partial charge in [0.05, 0.1) is 0 Å². The molecule has 1 amide bonds. The third kappa shape index (κ3) is 2.29. The Morgan fingerprint density at radius 3 is 2.36 bits per heavy atom. The van der Waals surface area contributed by atoms with Crippen molar-refractivity contribution >= 4 is 11.6 Å². The van der Waals surface area contributed by atoms with Crippen LogP contribution in [0.4, 0.5) is 5.69 Å². The monoisotopic (exact) mass is 157 g/mol. The summed E-state index contributed by atoms with van der Waals surface area (Å²) >= 11 is 0. The molecule has 0 saturated heterocycles. The van der Waals surface area contributed by atoms with Crippen molar-refractivity contribution in [2.24, 2.45) is 0 Å². The molecule has 0 aliphatic heterocycles. The fourth-order valence-corrected chi connectivity index (χ4v) is 0.748. The minimum absolute atomic E-state index is 0.115. The van der Waals surface area contributed by atoms with Gasteiger partial charge in [0.25, 0.3) is 0 Å². The molecule has 0 bridgehead atoms. The van der Waals surface area contributed by atoms with Crippen molar-refractivity contribution in [1.29, 1.82) is 0 Å². The third-order valence-corrected chi connectivity index (χ3v) is 1.19. The molecule has 11 heavy (non-hydrogen) atoms. The van der Waals surface area contributed by atoms with Crippen LogP contribution < -0.4 is 5.32 Å². The molecule has 0 fully saturated rings. The van der Waals surface area contributed by atoms with Crippen LogP contribution in [-0.2, 0) is 4.79 Å². The van der Waals surface area contributed by atoms with E-state index < -0.39 is 0 Å². The van der Waals surface area contributed by atoms with Gasteiger partial charge in [-0.3, -0.25) is 4.79 Å². The van der Waals surface area contributed by atoms with Crippen molar-refractivity contribution in [3.8, 4) is 5.75 Å². The lowest BCUT2D eigenvalue weighted by Crippen LogP contribution is -2.04. The Hall–Kier alpha value is -1.51. The van der Waals surface area contributed by atoms with E-state index in [9.17, 15) is 4.79 Å². The molecule has 0 radical (unpaired) electrons. The minimum atomic E-state index is -0.115. The molecule has 0 aliphatic rings. The molecule has 1 rings (SSSR count). The SMILES string of the molecule is CC(=O)N[13c]1[13cH][13cH][13c](O)[13cH][13cH]1. The number of carbonyl (C=O) groups excluding carboxylic acids is 1. The van der Waals surface area contributed by atoms with Gasteiger partial charge in [-0.15, -0.1) is 0 Å². The van der Waals surface area contributed by atoms with Crippen LogP contribution in [-0.4, -0.2) is 11.0 Å². The van der Waals surface area contributed by atoms with Crippen LogP contribution in [0.1, 0.15) is 6.92 Å². The minimum Gasteiger partial charge on any atom is -0.508 e. The average molecular weight is 157 g/mol. The second-order valence-corrected chi connectivity index (χ2v) is 2.23. The van der Waals surface area contributed by atoms with E-state index in [1.54, 1.807) is 12.1 Å². The zero-order valence-corrected chi connectivity index (χ0v) is 6.16. The molecule has 3 nitrogen and oxygen atoms in total. The molecule has 0 atom stereocenters. The van der Waals surface area contributed by atoms with Crippen molar-refractivity contribution in [1.82, 2.24) is 0 Å². The Kier molecular flexibility index (Phi) is 2.11. The van der Waals surface area contributed by atoms with Crippen molar-refractivity contribution in [2.75, 3.05) is 5.32 Å². The number of nitrogens with one attached hydrogen (secondary N) is 1. The standard InChI is InChI=1S/C8H9NO2/c1-6(10)9-7-2-4-8(11)5-3-7/h2-5,11H,1H3,(H,9,10)/i2+1,3+1,4+1,5+1,7+1,8+1. The Labute approximate surface area is 64.7 Å². The quantitative estimate of drug-likeness (QED) is 0.604. The highest BCUT2D eigenvalue weighted by Gasteiger charge is 1.93. The van der Waals surface area contributed by atoms with Crippen molar-refractivity contribution in [3.05, 3.63) is 24.3 Å². The highest BCUT2D eigenvalue weighted by Crippen LogP contribution is 2.13. The van der Waals surface area contributed by atoms with E-state index in [-0.39, 0.29) is 11.7 Å². The molecule has 0 unspecified atom stereocenters. The van der Waals surface area contributed by atoms with Crippen molar-refractivity contribution in [3.63, 3.8) is 0 Å². The summed E-state index contributed by atoms with van der Waals surface area (Å²) in [5.41, 5.74) is 0.690. The molecule has 2 N–H and O–H groups in total. The maximum absolute atomic E-state index is 10.5. The number of rotatable bonds is 1. The molecule has 0 saturated carbocycles. The van der Waals surface area contributed by atoms with Crippen LogP contribution in [0.25, 0.3) is 0 Å². The van der Waals surface area contributed by atoms with E-state index in [0.29, 0.717) is 5.69 Å². The molecule has 0 spiro atoms. The van der Waals surface area contributed by atoms with Gasteiger partial charge in [-0.1, -0.05) is 0 Å². The highest BCUT2D eigenvalue weighted by atomic mass is 16.3. The molecular formula is C8H9NO2. The van der Waals surface area contributed by atoms with Crippen LogP contribution in [0.5, 0.6) is 5.75 Å². The van der Waals surface area contributed by atoms with Gasteiger partial charge in [0.15, 0.2) is 0 Å². The summed E-state index contributed by atoms with van der Waals surface area (Å²) in [7, 11) is 0. The third-order valence-electron chi connectivity index (χ3n) is 1.19. The highest BCUT2D eigenvalue weighted by molar-refractivity contribution is 5.88. The summed E-state index contributed by atoms with van der Waals surface area (Å²) in [4.78, 5) is 10.5. The summed E-state index contributed by atoms with van der Waals surface area (Å²) in [6.07, 6.45) is 0. The van der Waals surface area contributed by atoms with Gasteiger partial charge >= 0.3 is 0 Å². The molecule has 1 aromatic rings. The lowest BCUT2D eigenvalue weighted by Gasteiger charge is -1.99. The van der Waals surface area contributed by atoms with Gasteiger partial charge in [0.2, 0.25) is 5.91 Å². The summed E-state index contributed by atoms with van der Waals surface area (Å²) < 4.78 is 0. The molecule has 58 valence electrons. The van der Waals surface area contributed by atoms with E-state index in [2.05, 4.69) is 5.32 Å². The van der Waals surface area contributed by atoms with Crippen LogP contribution in [0.3, 0.4) is 0 Å². The number of hydrogen-bond donors (Lipinski definition) is 2. The smallest absolute Gasteiger partial charge is 0.221 e. The van der Waals surface area contributed by atoms with Gasteiger partial charge in [-0.25, -0.2) is 0 Å². The Balaban J connectivity index is 2.74. The number of phenolic OH excluding ortho intramolecular Hbond substituents is 1. The second kappa shape index (κ2) is 3.05. The van der Waals surface area contributed by atoms with E-state index in [4.69, 9.17) is 5.11 Å². The lowest BCUT2D eigenvalue weighted by atomic mass is 10.7. The maximum atomic E-state index is 10.5. The normalized spacial score (nSPS) is 9.18. The zero-order valence-electron chi connectivity index (χ0n) is 6.16. The number of benzene rings is 1. The summed E-state index contributed by atoms with van der Waals surface area (Å²) in [5, 5.41) is 11.5. The molecule has 0 heterocycles. The fourth-order valence-electron chi connectivity index (χ4n) is 0.748. The van der Waals surface area contributed by atoms with Crippen LogP contribution in [0, 0.1) is 0 Å². The van der Waals surface area contributed by atoms with E-state index in [1.165, 1.54) is 19.1 Å². The number of hydrogen-bond acceptors (Lipinski definition) is 2. The first kappa shape index (κ1) is 7.60. The maximum Gasteiger partial charge on any atom is 0.221 e. The molecule has 0 aromatic heterocycles. The molecule has 3 heteroatoms. The van der Waals surface area contributed by atoms with Crippen LogP contribution in [0.2, 0.25) is 0 Å². The average Bonchev–Trinajstić information content (AvgIpc) is 1.93. The number of amides is 1. The first-order valence-electron chi connectivity index (χ1n) is 3.25. The van der Waals surface area contributed by atoms with Crippen molar-refractivity contribution < 1.29 is 9.90 Å². The molecule has 0 aliphatic carbocycles. The molecule has 1 aromatic carbocycles. The predicted molar refractivity (Wildman–Crippen MR) is 42.4 cm³/mol. The van der Waals surface area contributed by atoms with Gasteiger partial charge < -0.3 is 10.4 Å². The second-order valence-electron chi connectivity index (χ2n) is 2.23. The predicted octanol–water partition coefficient (Wildman–Crippen LogP) is 1.35. The van der Waals surface area contributed by atoms with E-state index >= 15 is 0 Å². The van der Waals surface area contributed by atoms with Crippen molar-refractivity contribution in [2.45, 2.75) is 6.92 Å². The first-order valence-corrected chi connectivity index (χ1v) is 3.25. The first-order chi connectivity index (χ1) is 5.18. The summed E-state index contributed by atoms with van der Waals surface area (Å²) in [5.74, 6) is 0.0785. The Bertz CT molecular complexity index is 253. The number of aromatic hydroxyl groups is 1. The summed E-state index contributed by atoms with van der Waals surface area (Å²) in [6, 6.07) is 6.31. The number of anilines is 1. The fraction of sp³-hybridized carbons (Fsp3) is 0.125. The van der Waals surface area contributed by atoms with Gasteiger partial charge in [-0.05, 0) is 24.3 Å². The number of carbonyl (C=O) groups is 1. The van der Waals surface area contributed by atoms with E-state index in [0.717, 1.165) is 0 Å². The van der Waals surface area contributed by atoms with Gasteiger partial charge in [-0.2, -0.15) is 0 Å². The Morgan fingerprint density at radius 2 is 1.91 bits per heavy atom. The lowest BCUT2D eigenvalue weighted by molar-refractivity contribution is -0.114. The van der Waals surface area contributed by atoms with E-state index in [1.807, 2.05) is 0 Å². The zero-order chi connectivity index (χ0) is 8.27. The van der Waals surface area contributed by atoms with Gasteiger partial charge in [0, 0.05) is 12.6 Å². The topological polar surface area (TPSA) is 49.3 Å². The largest absolute Gasteiger partial charge is 0.508 e. The number of phenols is 1. The van der Waals surface area contributed by atoms with Crippen LogP contribution >= 0.6 is 0 Å².